The van der Waals surface area contributed by atoms with Crippen molar-refractivity contribution in [1.29, 1.82) is 0 Å². The average Bonchev–Trinajstić information content (AvgIpc) is 3.18. The van der Waals surface area contributed by atoms with Crippen LogP contribution in [0.5, 0.6) is 0 Å². The molecule has 13 heteroatoms. The number of amides is 1. The van der Waals surface area contributed by atoms with E-state index < -0.39 is 77.8 Å². The van der Waals surface area contributed by atoms with Gasteiger partial charge >= 0.3 is 5.97 Å². The van der Waals surface area contributed by atoms with Crippen LogP contribution in [0.15, 0.2) is 23.3 Å². The highest BCUT2D eigenvalue weighted by Gasteiger charge is 2.42. The molecule has 3 rings (SSSR count). The highest BCUT2D eigenvalue weighted by Crippen LogP contribution is 2.34. The van der Waals surface area contributed by atoms with Crippen molar-refractivity contribution in [2.75, 3.05) is 27.9 Å². The molecule has 0 aromatic rings. The molecule has 12 nitrogen and oxygen atoms in total. The summed E-state index contributed by atoms with van der Waals surface area (Å²) in [6.07, 6.45) is 3.94. The fourth-order valence-electron chi connectivity index (χ4n) is 8.75. The van der Waals surface area contributed by atoms with Gasteiger partial charge in [0.05, 0.1) is 29.8 Å². The fraction of sp³-hybridized carbons (Fsp3) is 0.791. The van der Waals surface area contributed by atoms with Crippen LogP contribution in [0.3, 0.4) is 0 Å². The quantitative estimate of drug-likeness (QED) is 0.149. The standard InChI is InChI=1S/C43H68ClNO11/c1-10-30-18-24(2)17-25(3)19-36(54-8)39(49)37(55-9)21-26(4)38(48)40(50)42(51)45-16-12-11-13-32(45)43(52)56-41(28(6)33(46)23-34(30)47)27(5)20-29-14-15-31(44)35(22-29)53-7/h18,20,25-26,28-33,35-37,39,41,46,49H,10-17,19,21-23H2,1-9H3/b24-18?,27-20+/t25-,26+,28+,29+,30+,31-,32-,33-,35+,36-,37-,39+,41+/m0/s1. The number of nitrogens with zero attached hydrogens (tertiary/aromatic N) is 1. The van der Waals surface area contributed by atoms with Crippen LogP contribution in [0, 0.1) is 29.6 Å². The second-order valence-electron chi connectivity index (χ2n) is 16.7. The Labute approximate surface area is 339 Å². The minimum atomic E-state index is -1.25. The van der Waals surface area contributed by atoms with Crippen LogP contribution in [0.4, 0.5) is 0 Å². The third kappa shape index (κ3) is 12.8. The molecule has 2 heterocycles. The maximum absolute atomic E-state index is 14.1. The number of alkyl halides is 1. The van der Waals surface area contributed by atoms with E-state index >= 15 is 0 Å². The molecule has 1 saturated carbocycles. The fourth-order valence-corrected chi connectivity index (χ4v) is 9.08. The first kappa shape index (κ1) is 47.9. The minimum absolute atomic E-state index is 0.0304. The topological polar surface area (TPSA) is 166 Å². The molecule has 0 bridgehead atoms. The zero-order valence-corrected chi connectivity index (χ0v) is 35.8. The van der Waals surface area contributed by atoms with Crippen molar-refractivity contribution in [2.24, 2.45) is 29.6 Å². The molecule has 0 aromatic carbocycles. The number of rotatable bonds is 6. The number of aliphatic hydroxyl groups is 2. The van der Waals surface area contributed by atoms with Crippen molar-refractivity contribution >= 4 is 40.8 Å². The molecule has 2 N–H and O–H groups in total. The number of fused-ring (bicyclic) bond motifs is 1. The number of allylic oxidation sites excluding steroid dienone is 3. The summed E-state index contributed by atoms with van der Waals surface area (Å²) in [5.41, 5.74) is 1.67. The lowest BCUT2D eigenvalue weighted by molar-refractivity contribution is -0.165. The molecule has 2 fully saturated rings. The van der Waals surface area contributed by atoms with Gasteiger partial charge in [0.15, 0.2) is 0 Å². The summed E-state index contributed by atoms with van der Waals surface area (Å²) < 4.78 is 23.1. The molecule has 1 saturated heterocycles. The van der Waals surface area contributed by atoms with Gasteiger partial charge in [-0.2, -0.15) is 0 Å². The largest absolute Gasteiger partial charge is 0.456 e. The molecule has 1 amide bonds. The summed E-state index contributed by atoms with van der Waals surface area (Å²) in [5, 5.41) is 22.9. The van der Waals surface area contributed by atoms with Crippen molar-refractivity contribution in [3.63, 3.8) is 0 Å². The van der Waals surface area contributed by atoms with Crippen LogP contribution in [-0.4, -0.2) is 120 Å². The first-order valence-electron chi connectivity index (χ1n) is 20.5. The van der Waals surface area contributed by atoms with E-state index in [0.29, 0.717) is 44.1 Å². The molecule has 0 unspecified atom stereocenters. The Bertz CT molecular complexity index is 1420. The summed E-state index contributed by atoms with van der Waals surface area (Å²) in [7, 11) is 4.52. The number of piperidine rings is 1. The number of Topliss-reactive ketones (excluding diaryl/α,β-unsaturated/α-hetero) is 3. The van der Waals surface area contributed by atoms with Gasteiger partial charge < -0.3 is 34.1 Å². The van der Waals surface area contributed by atoms with Crippen molar-refractivity contribution in [3.8, 4) is 0 Å². The van der Waals surface area contributed by atoms with E-state index in [1.54, 1.807) is 14.0 Å². The van der Waals surface area contributed by atoms with Gasteiger partial charge in [0.2, 0.25) is 5.78 Å². The summed E-state index contributed by atoms with van der Waals surface area (Å²) in [6.45, 7) is 11.1. The SMILES string of the molecule is CC[C@@H]1C=C(C)C[C@H](C)C[C@H](OC)[C@@H](O)[C@@H](OC)C[C@@H](C)C(=O)C(=O)C(=O)N2CCCC[C@H]2C(=O)O[C@H](/C(C)=C/[C@H]2CC[C@H](Cl)[C@H](OC)C2)[C@H](C)[C@@H](O)CC1=O. The van der Waals surface area contributed by atoms with E-state index in [1.807, 2.05) is 39.8 Å². The molecule has 2 aliphatic heterocycles. The van der Waals surface area contributed by atoms with Gasteiger partial charge in [0.1, 0.15) is 24.0 Å². The van der Waals surface area contributed by atoms with Gasteiger partial charge in [-0.3, -0.25) is 19.2 Å². The number of carbonyl (C=O) groups is 5. The normalized spacial score (nSPS) is 37.5. The lowest BCUT2D eigenvalue weighted by Crippen LogP contribution is -2.53. The summed E-state index contributed by atoms with van der Waals surface area (Å²) in [5.74, 6) is -6.19. The van der Waals surface area contributed by atoms with Gasteiger partial charge in [-0.15, -0.1) is 11.6 Å². The zero-order valence-electron chi connectivity index (χ0n) is 35.0. The van der Waals surface area contributed by atoms with Gasteiger partial charge in [-0.05, 0) is 95.5 Å². The number of esters is 1. The van der Waals surface area contributed by atoms with Gasteiger partial charge in [0.25, 0.3) is 11.7 Å². The highest BCUT2D eigenvalue weighted by molar-refractivity contribution is 6.63. The summed E-state index contributed by atoms with van der Waals surface area (Å²) in [4.78, 5) is 69.8. The van der Waals surface area contributed by atoms with Crippen LogP contribution in [0.2, 0.25) is 0 Å². The van der Waals surface area contributed by atoms with E-state index in [1.165, 1.54) is 21.1 Å². The lowest BCUT2D eigenvalue weighted by Gasteiger charge is -2.36. The first-order valence-corrected chi connectivity index (χ1v) is 21.0. The van der Waals surface area contributed by atoms with E-state index in [0.717, 1.165) is 23.3 Å². The Morgan fingerprint density at radius 1 is 0.911 bits per heavy atom. The number of ketones is 3. The maximum atomic E-state index is 14.1. The smallest absolute Gasteiger partial charge is 0.329 e. The van der Waals surface area contributed by atoms with Crippen LogP contribution >= 0.6 is 11.6 Å². The summed E-state index contributed by atoms with van der Waals surface area (Å²) in [6, 6.07) is -1.13. The number of hydrogen-bond donors (Lipinski definition) is 2. The van der Waals surface area contributed by atoms with E-state index in [4.69, 9.17) is 30.5 Å². The Balaban J connectivity index is 2.05. The molecule has 0 aromatic heterocycles. The van der Waals surface area contributed by atoms with Crippen molar-refractivity contribution in [3.05, 3.63) is 23.3 Å². The second-order valence-corrected chi connectivity index (χ2v) is 17.2. The zero-order chi connectivity index (χ0) is 41.9. The molecule has 318 valence electrons. The number of carbonyl (C=O) groups excluding carboxylic acids is 5. The van der Waals surface area contributed by atoms with Crippen molar-refractivity contribution in [1.82, 2.24) is 4.90 Å². The number of cyclic esters (lactones) is 1. The van der Waals surface area contributed by atoms with Crippen LogP contribution in [-0.2, 0) is 42.9 Å². The lowest BCUT2D eigenvalue weighted by atomic mass is 9.82. The third-order valence-electron chi connectivity index (χ3n) is 12.2. The van der Waals surface area contributed by atoms with Crippen LogP contribution in [0.25, 0.3) is 0 Å². The molecule has 0 radical (unpaired) electrons. The van der Waals surface area contributed by atoms with E-state index in [2.05, 4.69) is 0 Å². The van der Waals surface area contributed by atoms with Crippen molar-refractivity contribution in [2.45, 2.75) is 160 Å². The maximum Gasteiger partial charge on any atom is 0.329 e. The number of ether oxygens (including phenoxy) is 4. The van der Waals surface area contributed by atoms with Gasteiger partial charge in [-0.25, -0.2) is 4.79 Å². The number of aliphatic hydroxyl groups excluding tert-OH is 2. The Morgan fingerprint density at radius 3 is 2.18 bits per heavy atom. The molecular formula is C43H68ClNO11. The summed E-state index contributed by atoms with van der Waals surface area (Å²) >= 11 is 6.51. The Kier molecular flexibility index (Phi) is 19.3. The number of hydrogen-bond acceptors (Lipinski definition) is 11. The molecule has 3 aliphatic rings. The molecular weight excluding hydrogens is 742 g/mol. The van der Waals surface area contributed by atoms with Crippen LogP contribution in [0.1, 0.15) is 112 Å². The second kappa shape index (κ2) is 22.6. The average molecular weight is 810 g/mol. The molecule has 1 aliphatic carbocycles. The number of methoxy groups -OCH3 is 3. The predicted molar refractivity (Wildman–Crippen MR) is 213 cm³/mol. The molecule has 0 spiro atoms. The predicted octanol–water partition coefficient (Wildman–Crippen LogP) is 5.56. The van der Waals surface area contributed by atoms with E-state index in [9.17, 15) is 34.2 Å². The minimum Gasteiger partial charge on any atom is -0.456 e. The van der Waals surface area contributed by atoms with Crippen molar-refractivity contribution < 1.29 is 53.1 Å². The Morgan fingerprint density at radius 2 is 1.55 bits per heavy atom. The van der Waals surface area contributed by atoms with Gasteiger partial charge in [0, 0.05) is 52.0 Å². The first-order chi connectivity index (χ1) is 26.5. The Hall–Kier alpha value is -2.48. The molecule has 13 atom stereocenters. The monoisotopic (exact) mass is 809 g/mol. The van der Waals surface area contributed by atoms with E-state index in [-0.39, 0.29) is 54.9 Å². The number of halogens is 1. The van der Waals surface area contributed by atoms with Gasteiger partial charge in [-0.1, -0.05) is 45.4 Å². The highest BCUT2D eigenvalue weighted by atomic mass is 35.5. The van der Waals surface area contributed by atoms with Crippen LogP contribution < -0.4 is 0 Å². The third-order valence-corrected chi connectivity index (χ3v) is 12.7. The molecule has 56 heavy (non-hydrogen) atoms.